The molecule has 1 rings (SSSR count). The van der Waals surface area contributed by atoms with Gasteiger partial charge in [0, 0.05) is 38.5 Å². The average molecular weight is 225 g/mol. The van der Waals surface area contributed by atoms with E-state index in [1.54, 1.807) is 0 Å². The second kappa shape index (κ2) is 7.41. The third-order valence-corrected chi connectivity index (χ3v) is 2.35. The predicted molar refractivity (Wildman–Crippen MR) is 65.2 cm³/mol. The molecule has 0 radical (unpaired) electrons. The van der Waals surface area contributed by atoms with Crippen LogP contribution in [0.15, 0.2) is 12.4 Å². The molecule has 1 aromatic rings. The lowest BCUT2D eigenvalue weighted by Crippen LogP contribution is -2.19. The van der Waals surface area contributed by atoms with Crippen LogP contribution in [-0.4, -0.2) is 29.5 Å². The van der Waals surface area contributed by atoms with Crippen molar-refractivity contribution in [3.05, 3.63) is 18.0 Å². The summed E-state index contributed by atoms with van der Waals surface area (Å²) in [6.07, 6.45) is 5.04. The summed E-state index contributed by atoms with van der Waals surface area (Å²) in [7, 11) is 1.93. The average Bonchev–Trinajstić information content (AvgIpc) is 2.62. The molecule has 1 N–H and O–H groups in total. The third kappa shape index (κ3) is 5.88. The molecular weight excluding hydrogens is 202 g/mol. The molecular formula is C12H23N3O. The van der Waals surface area contributed by atoms with Crippen LogP contribution < -0.4 is 5.32 Å². The van der Waals surface area contributed by atoms with Crippen molar-refractivity contribution in [1.29, 1.82) is 0 Å². The molecule has 0 saturated heterocycles. The van der Waals surface area contributed by atoms with Crippen molar-refractivity contribution in [2.45, 2.75) is 26.8 Å². The van der Waals surface area contributed by atoms with Gasteiger partial charge in [0.05, 0.1) is 12.8 Å². The summed E-state index contributed by atoms with van der Waals surface area (Å²) >= 11 is 0. The molecule has 0 saturated carbocycles. The highest BCUT2D eigenvalue weighted by Crippen LogP contribution is 1.98. The number of hydrogen-bond acceptors (Lipinski definition) is 3. The fourth-order valence-electron chi connectivity index (χ4n) is 1.36. The van der Waals surface area contributed by atoms with Crippen LogP contribution in [-0.2, 0) is 18.3 Å². The molecule has 16 heavy (non-hydrogen) atoms. The van der Waals surface area contributed by atoms with E-state index < -0.39 is 0 Å². The van der Waals surface area contributed by atoms with Gasteiger partial charge < -0.3 is 10.1 Å². The first kappa shape index (κ1) is 13.2. The van der Waals surface area contributed by atoms with E-state index in [0.717, 1.165) is 38.6 Å². The number of nitrogens with zero attached hydrogens (tertiary/aromatic N) is 2. The van der Waals surface area contributed by atoms with E-state index in [2.05, 4.69) is 24.3 Å². The summed E-state index contributed by atoms with van der Waals surface area (Å²) in [5.41, 5.74) is 1.21. The molecule has 0 amide bonds. The highest BCUT2D eigenvalue weighted by molar-refractivity contribution is 5.02. The van der Waals surface area contributed by atoms with Crippen molar-refractivity contribution >= 4 is 0 Å². The number of ether oxygens (including phenoxy) is 1. The van der Waals surface area contributed by atoms with Gasteiger partial charge >= 0.3 is 0 Å². The first-order valence-corrected chi connectivity index (χ1v) is 5.94. The Kier molecular flexibility index (Phi) is 6.11. The van der Waals surface area contributed by atoms with Crippen molar-refractivity contribution in [2.24, 2.45) is 13.0 Å². The Labute approximate surface area is 98.0 Å². The minimum atomic E-state index is 0.725. The molecule has 0 aliphatic rings. The van der Waals surface area contributed by atoms with E-state index in [-0.39, 0.29) is 0 Å². The van der Waals surface area contributed by atoms with Crippen LogP contribution >= 0.6 is 0 Å². The van der Waals surface area contributed by atoms with Gasteiger partial charge in [0.2, 0.25) is 0 Å². The maximum absolute atomic E-state index is 5.50. The second-order valence-electron chi connectivity index (χ2n) is 4.49. The van der Waals surface area contributed by atoms with Crippen LogP contribution in [0.5, 0.6) is 0 Å². The van der Waals surface area contributed by atoms with E-state index in [4.69, 9.17) is 4.74 Å². The lowest BCUT2D eigenvalue weighted by atomic mass is 10.1. The van der Waals surface area contributed by atoms with Crippen LogP contribution in [0, 0.1) is 5.92 Å². The zero-order valence-corrected chi connectivity index (χ0v) is 10.6. The zero-order chi connectivity index (χ0) is 11.8. The lowest BCUT2D eigenvalue weighted by molar-refractivity contribution is 0.125. The predicted octanol–water partition coefficient (Wildman–Crippen LogP) is 1.57. The molecule has 0 atom stereocenters. The number of aromatic nitrogens is 2. The normalized spacial score (nSPS) is 11.2. The standard InChI is InChI=1S/C12H23N3O/c1-11(2)4-6-16-7-5-13-8-12-9-14-15(3)10-12/h9-11,13H,4-8H2,1-3H3. The van der Waals surface area contributed by atoms with Gasteiger partial charge in [0.15, 0.2) is 0 Å². The van der Waals surface area contributed by atoms with E-state index in [9.17, 15) is 0 Å². The largest absolute Gasteiger partial charge is 0.380 e. The van der Waals surface area contributed by atoms with Crippen LogP contribution in [0.1, 0.15) is 25.8 Å². The molecule has 0 aliphatic heterocycles. The van der Waals surface area contributed by atoms with Gasteiger partial charge in [-0.15, -0.1) is 0 Å². The van der Waals surface area contributed by atoms with E-state index in [0.29, 0.717) is 0 Å². The van der Waals surface area contributed by atoms with Crippen LogP contribution in [0.3, 0.4) is 0 Å². The Balaban J connectivity index is 1.92. The van der Waals surface area contributed by atoms with Gasteiger partial charge in [-0.05, 0) is 12.3 Å². The minimum absolute atomic E-state index is 0.725. The Morgan fingerprint density at radius 3 is 2.88 bits per heavy atom. The first-order valence-electron chi connectivity index (χ1n) is 5.94. The molecule has 0 bridgehead atoms. The molecule has 0 aliphatic carbocycles. The van der Waals surface area contributed by atoms with E-state index in [1.165, 1.54) is 5.56 Å². The van der Waals surface area contributed by atoms with Gasteiger partial charge in [-0.1, -0.05) is 13.8 Å². The van der Waals surface area contributed by atoms with Crippen molar-refractivity contribution in [2.75, 3.05) is 19.8 Å². The fourth-order valence-corrected chi connectivity index (χ4v) is 1.36. The number of aryl methyl sites for hydroxylation is 1. The highest BCUT2D eigenvalue weighted by atomic mass is 16.5. The maximum atomic E-state index is 5.50. The van der Waals surface area contributed by atoms with Gasteiger partial charge in [0.25, 0.3) is 0 Å². The molecule has 1 aromatic heterocycles. The maximum Gasteiger partial charge on any atom is 0.0591 e. The smallest absolute Gasteiger partial charge is 0.0591 e. The molecule has 1 heterocycles. The second-order valence-corrected chi connectivity index (χ2v) is 4.49. The first-order chi connectivity index (χ1) is 7.68. The van der Waals surface area contributed by atoms with Crippen molar-refractivity contribution < 1.29 is 4.74 Å². The van der Waals surface area contributed by atoms with E-state index in [1.807, 2.05) is 24.1 Å². The third-order valence-electron chi connectivity index (χ3n) is 2.35. The highest BCUT2D eigenvalue weighted by Gasteiger charge is 1.96. The lowest BCUT2D eigenvalue weighted by Gasteiger charge is -2.06. The Morgan fingerprint density at radius 1 is 1.44 bits per heavy atom. The van der Waals surface area contributed by atoms with Crippen LogP contribution in [0.2, 0.25) is 0 Å². The van der Waals surface area contributed by atoms with Crippen LogP contribution in [0.4, 0.5) is 0 Å². The Hall–Kier alpha value is -0.870. The van der Waals surface area contributed by atoms with E-state index >= 15 is 0 Å². The summed E-state index contributed by atoms with van der Waals surface area (Å²) < 4.78 is 7.32. The molecule has 0 fully saturated rings. The summed E-state index contributed by atoms with van der Waals surface area (Å²) in [6.45, 7) is 7.83. The minimum Gasteiger partial charge on any atom is -0.380 e. The van der Waals surface area contributed by atoms with Crippen molar-refractivity contribution in [1.82, 2.24) is 15.1 Å². The quantitative estimate of drug-likeness (QED) is 0.683. The summed E-state index contributed by atoms with van der Waals surface area (Å²) in [5.74, 6) is 0.725. The van der Waals surface area contributed by atoms with Crippen molar-refractivity contribution in [3.63, 3.8) is 0 Å². The van der Waals surface area contributed by atoms with Gasteiger partial charge in [-0.25, -0.2) is 0 Å². The SMILES string of the molecule is CC(C)CCOCCNCc1cnn(C)c1. The topological polar surface area (TPSA) is 39.1 Å². The Bertz CT molecular complexity index is 284. The summed E-state index contributed by atoms with van der Waals surface area (Å²) in [4.78, 5) is 0. The zero-order valence-electron chi connectivity index (χ0n) is 10.6. The monoisotopic (exact) mass is 225 g/mol. The summed E-state index contributed by atoms with van der Waals surface area (Å²) in [6, 6.07) is 0. The van der Waals surface area contributed by atoms with Gasteiger partial charge in [0.1, 0.15) is 0 Å². The molecule has 4 nitrogen and oxygen atoms in total. The molecule has 92 valence electrons. The molecule has 0 unspecified atom stereocenters. The molecule has 0 spiro atoms. The van der Waals surface area contributed by atoms with Gasteiger partial charge in [-0.3, -0.25) is 4.68 Å². The molecule has 0 aromatic carbocycles. The van der Waals surface area contributed by atoms with Gasteiger partial charge in [-0.2, -0.15) is 5.10 Å². The van der Waals surface area contributed by atoms with Crippen LogP contribution in [0.25, 0.3) is 0 Å². The number of hydrogen-bond donors (Lipinski definition) is 1. The summed E-state index contributed by atoms with van der Waals surface area (Å²) in [5, 5.41) is 7.43. The van der Waals surface area contributed by atoms with Crippen molar-refractivity contribution in [3.8, 4) is 0 Å². The fraction of sp³-hybridized carbons (Fsp3) is 0.750. The number of rotatable bonds is 8. The number of nitrogens with one attached hydrogen (secondary N) is 1. The Morgan fingerprint density at radius 2 is 2.25 bits per heavy atom. The molecule has 4 heteroatoms.